The number of esters is 1. The van der Waals surface area contributed by atoms with Gasteiger partial charge in [0.25, 0.3) is 0 Å². The van der Waals surface area contributed by atoms with Gasteiger partial charge in [-0.15, -0.1) is 0 Å². The van der Waals surface area contributed by atoms with Gasteiger partial charge in [0.2, 0.25) is 5.91 Å². The van der Waals surface area contributed by atoms with Gasteiger partial charge < -0.3 is 20.3 Å². The largest absolute Gasteiger partial charge is 0.466 e. The average Bonchev–Trinajstić information content (AvgIpc) is 3.50. The van der Waals surface area contributed by atoms with E-state index in [1.54, 1.807) is 6.08 Å². The number of carbonyl (C=O) groups is 2. The van der Waals surface area contributed by atoms with Crippen molar-refractivity contribution in [2.24, 2.45) is 0 Å². The van der Waals surface area contributed by atoms with Crippen LogP contribution in [0.4, 0.5) is 0 Å². The van der Waals surface area contributed by atoms with Crippen molar-refractivity contribution in [3.05, 3.63) is 24.3 Å². The zero-order valence-electron chi connectivity index (χ0n) is 56.5. The van der Waals surface area contributed by atoms with Crippen LogP contribution in [0.2, 0.25) is 0 Å². The number of carbonyl (C=O) groups excluding carboxylic acids is 2. The molecule has 0 fully saturated rings. The van der Waals surface area contributed by atoms with Gasteiger partial charge in [0, 0.05) is 12.8 Å². The van der Waals surface area contributed by atoms with Crippen LogP contribution in [0.25, 0.3) is 0 Å². The molecule has 2 atom stereocenters. The summed E-state index contributed by atoms with van der Waals surface area (Å²) in [6.45, 7) is 4.95. The Balaban J connectivity index is 3.39. The summed E-state index contributed by atoms with van der Waals surface area (Å²) in [5, 5.41) is 23.3. The predicted octanol–water partition coefficient (Wildman–Crippen LogP) is 24.9. The normalized spacial score (nSPS) is 12.6. The van der Waals surface area contributed by atoms with Gasteiger partial charge in [0.15, 0.2) is 0 Å². The quantitative estimate of drug-likeness (QED) is 0.0320. The molecule has 0 spiro atoms. The fraction of sp³-hybridized carbons (Fsp3) is 0.922. The fourth-order valence-electron chi connectivity index (χ4n) is 12.2. The lowest BCUT2D eigenvalue weighted by molar-refractivity contribution is -0.143. The lowest BCUT2D eigenvalue weighted by Crippen LogP contribution is -2.45. The van der Waals surface area contributed by atoms with E-state index in [0.717, 1.165) is 38.5 Å². The Morgan fingerprint density at radius 3 is 0.855 bits per heavy atom. The van der Waals surface area contributed by atoms with Crippen LogP contribution in [0.3, 0.4) is 0 Å². The summed E-state index contributed by atoms with van der Waals surface area (Å²) in [5.41, 5.74) is 0. The highest BCUT2D eigenvalue weighted by Crippen LogP contribution is 2.19. The minimum Gasteiger partial charge on any atom is -0.466 e. The summed E-state index contributed by atoms with van der Waals surface area (Å²) in [5.74, 6) is -0.0429. The Hall–Kier alpha value is -1.66. The minimum absolute atomic E-state index is 0.0179. The number of amides is 1. The number of rotatable bonds is 72. The summed E-state index contributed by atoms with van der Waals surface area (Å²) in [6.07, 6.45) is 92.9. The van der Waals surface area contributed by atoms with Gasteiger partial charge in [-0.2, -0.15) is 0 Å². The third-order valence-corrected chi connectivity index (χ3v) is 18.0. The van der Waals surface area contributed by atoms with E-state index in [2.05, 4.69) is 31.3 Å². The summed E-state index contributed by atoms with van der Waals surface area (Å²) in [7, 11) is 0. The van der Waals surface area contributed by atoms with Crippen molar-refractivity contribution in [2.45, 2.75) is 443 Å². The zero-order chi connectivity index (χ0) is 59.9. The summed E-state index contributed by atoms with van der Waals surface area (Å²) in [4.78, 5) is 24.6. The number of hydrogen-bond donors (Lipinski definition) is 3. The Kier molecular flexibility index (Phi) is 71.4. The Morgan fingerprint density at radius 2 is 0.566 bits per heavy atom. The molecule has 83 heavy (non-hydrogen) atoms. The maximum absolute atomic E-state index is 12.5. The molecule has 2 unspecified atom stereocenters. The summed E-state index contributed by atoms with van der Waals surface area (Å²) < 4.78 is 5.48. The molecule has 0 aliphatic carbocycles. The topological polar surface area (TPSA) is 95.9 Å². The van der Waals surface area contributed by atoms with Gasteiger partial charge >= 0.3 is 5.97 Å². The number of allylic oxidation sites excluding steroid dienone is 3. The van der Waals surface area contributed by atoms with E-state index in [-0.39, 0.29) is 18.5 Å². The van der Waals surface area contributed by atoms with Gasteiger partial charge in [-0.3, -0.25) is 9.59 Å². The minimum atomic E-state index is -0.844. The molecule has 0 aromatic carbocycles. The lowest BCUT2D eigenvalue weighted by atomic mass is 10.0. The van der Waals surface area contributed by atoms with Crippen LogP contribution >= 0.6 is 0 Å². The molecular weight excluding hydrogens is 1020 g/mol. The Morgan fingerprint density at radius 1 is 0.325 bits per heavy atom. The molecule has 6 heteroatoms. The van der Waals surface area contributed by atoms with Gasteiger partial charge in [0.05, 0.1) is 25.4 Å². The van der Waals surface area contributed by atoms with E-state index in [9.17, 15) is 19.8 Å². The van der Waals surface area contributed by atoms with Crippen molar-refractivity contribution >= 4 is 11.9 Å². The van der Waals surface area contributed by atoms with E-state index in [4.69, 9.17) is 4.74 Å². The van der Waals surface area contributed by atoms with E-state index in [1.807, 2.05) is 6.08 Å². The molecule has 0 aliphatic heterocycles. The number of ether oxygens (including phenoxy) is 1. The van der Waals surface area contributed by atoms with Crippen LogP contribution in [0.1, 0.15) is 431 Å². The molecule has 6 nitrogen and oxygen atoms in total. The maximum Gasteiger partial charge on any atom is 0.305 e. The average molecular weight is 1170 g/mol. The Labute approximate surface area is 520 Å². The standard InChI is InChI=1S/C77H149NO5/c1-3-5-7-9-11-13-15-16-17-18-19-20-21-31-34-37-40-43-46-50-53-57-61-65-69-75(80)74(73-79)78-76(81)70-66-62-58-54-51-47-44-41-38-35-32-29-27-25-23-22-24-26-28-30-33-36-39-42-45-48-52-56-60-64-68-72-83-77(82)71-67-63-59-55-49-14-12-10-8-6-4-2/h24,26,65,69,74-75,79-80H,3-23,25,27-64,66-68,70-73H2,1-2H3,(H,78,81)/b26-24-,69-65+. The van der Waals surface area contributed by atoms with Crippen molar-refractivity contribution in [3.8, 4) is 0 Å². The van der Waals surface area contributed by atoms with Gasteiger partial charge in [0.1, 0.15) is 0 Å². The van der Waals surface area contributed by atoms with E-state index < -0.39 is 12.1 Å². The third-order valence-electron chi connectivity index (χ3n) is 18.0. The van der Waals surface area contributed by atoms with Gasteiger partial charge in [-0.25, -0.2) is 0 Å². The number of nitrogens with one attached hydrogen (secondary N) is 1. The van der Waals surface area contributed by atoms with Crippen LogP contribution in [-0.4, -0.2) is 47.4 Å². The van der Waals surface area contributed by atoms with E-state index >= 15 is 0 Å². The highest BCUT2D eigenvalue weighted by atomic mass is 16.5. The fourth-order valence-corrected chi connectivity index (χ4v) is 12.2. The van der Waals surface area contributed by atoms with Gasteiger partial charge in [-0.05, 0) is 57.8 Å². The molecule has 1 amide bonds. The second-order valence-corrected chi connectivity index (χ2v) is 26.3. The second kappa shape index (κ2) is 72.8. The van der Waals surface area contributed by atoms with Crippen molar-refractivity contribution in [2.75, 3.05) is 13.2 Å². The molecule has 0 aromatic heterocycles. The lowest BCUT2D eigenvalue weighted by Gasteiger charge is -2.20. The molecule has 3 N–H and O–H groups in total. The van der Waals surface area contributed by atoms with Crippen molar-refractivity contribution in [3.63, 3.8) is 0 Å². The third kappa shape index (κ3) is 69.3. The molecule has 0 heterocycles. The second-order valence-electron chi connectivity index (χ2n) is 26.3. The smallest absolute Gasteiger partial charge is 0.305 e. The molecule has 0 radical (unpaired) electrons. The van der Waals surface area contributed by atoms with Crippen molar-refractivity contribution < 1.29 is 24.5 Å². The first-order valence-corrected chi connectivity index (χ1v) is 38.1. The van der Waals surface area contributed by atoms with Crippen LogP contribution in [0.5, 0.6) is 0 Å². The molecule has 492 valence electrons. The van der Waals surface area contributed by atoms with Crippen LogP contribution in [-0.2, 0) is 14.3 Å². The zero-order valence-corrected chi connectivity index (χ0v) is 56.5. The number of unbranched alkanes of at least 4 members (excludes halogenated alkanes) is 59. The molecular formula is C77H149NO5. The SMILES string of the molecule is CCCCCCCCCCCCCCCCCCCCCCCC/C=C/C(O)C(CO)NC(=O)CCCCCCCCCCCCCCCCC/C=C\CCCCCCCCCCCCCCOC(=O)CCCCCCCCCCCCC. The summed E-state index contributed by atoms with van der Waals surface area (Å²) >= 11 is 0. The highest BCUT2D eigenvalue weighted by molar-refractivity contribution is 5.76. The van der Waals surface area contributed by atoms with Gasteiger partial charge in [-0.1, -0.05) is 385 Å². The molecule has 0 aromatic rings. The monoisotopic (exact) mass is 1170 g/mol. The van der Waals surface area contributed by atoms with E-state index in [0.29, 0.717) is 19.4 Å². The summed E-state index contributed by atoms with van der Waals surface area (Å²) in [6, 6.07) is -0.627. The highest BCUT2D eigenvalue weighted by Gasteiger charge is 2.18. The van der Waals surface area contributed by atoms with Crippen LogP contribution in [0, 0.1) is 0 Å². The number of aliphatic hydroxyl groups excluding tert-OH is 2. The molecule has 0 saturated heterocycles. The first-order valence-electron chi connectivity index (χ1n) is 38.1. The molecule has 0 aliphatic rings. The predicted molar refractivity (Wildman–Crippen MR) is 366 cm³/mol. The molecule has 0 saturated carbocycles. The first-order chi connectivity index (χ1) is 41.0. The van der Waals surface area contributed by atoms with Crippen LogP contribution < -0.4 is 5.32 Å². The number of aliphatic hydroxyl groups is 2. The maximum atomic E-state index is 12.5. The van der Waals surface area contributed by atoms with Crippen molar-refractivity contribution in [1.82, 2.24) is 5.32 Å². The van der Waals surface area contributed by atoms with Crippen LogP contribution in [0.15, 0.2) is 24.3 Å². The number of hydrogen-bond acceptors (Lipinski definition) is 5. The van der Waals surface area contributed by atoms with E-state index in [1.165, 1.54) is 366 Å². The molecule has 0 rings (SSSR count). The van der Waals surface area contributed by atoms with Crippen molar-refractivity contribution in [1.29, 1.82) is 0 Å². The Bertz CT molecular complexity index is 1300. The first kappa shape index (κ1) is 81.3. The molecule has 0 bridgehead atoms.